The Morgan fingerprint density at radius 2 is 1.94 bits per heavy atom. The van der Waals surface area contributed by atoms with Crippen molar-refractivity contribution in [3.63, 3.8) is 0 Å². The number of anilines is 1. The zero-order valence-electron chi connectivity index (χ0n) is 16.7. The first-order chi connectivity index (χ1) is 14.5. The molecule has 0 aliphatic carbocycles. The minimum atomic E-state index is -5.59. The Morgan fingerprint density at radius 1 is 1.28 bits per heavy atom. The molecule has 1 aliphatic heterocycles. The van der Waals surface area contributed by atoms with E-state index < -0.39 is 53.0 Å². The number of hydrogen-bond donors (Lipinski definition) is 4. The lowest BCUT2D eigenvalue weighted by Gasteiger charge is -2.35. The molecule has 1 saturated heterocycles. The highest BCUT2D eigenvalue weighted by molar-refractivity contribution is 7.72. The van der Waals surface area contributed by atoms with Gasteiger partial charge in [0, 0.05) is 6.42 Å². The van der Waals surface area contributed by atoms with Crippen LogP contribution in [0.1, 0.15) is 20.3 Å². The molecule has 1 fully saturated rings. The topological polar surface area (TPSA) is 255 Å². The molecule has 2 aromatic rings. The van der Waals surface area contributed by atoms with Gasteiger partial charge in [0.15, 0.2) is 19.1 Å². The van der Waals surface area contributed by atoms with Gasteiger partial charge in [0.25, 0.3) is 7.82 Å². The van der Waals surface area contributed by atoms with Gasteiger partial charge in [0.2, 0.25) is 0 Å². The van der Waals surface area contributed by atoms with Crippen molar-refractivity contribution >= 4 is 40.0 Å². The summed E-state index contributed by atoms with van der Waals surface area (Å²) < 4.78 is 50.1. The Balaban J connectivity index is 1.76. The van der Waals surface area contributed by atoms with Crippen molar-refractivity contribution in [2.75, 3.05) is 18.2 Å². The third-order valence-electron chi connectivity index (χ3n) is 4.69. The molecule has 5 N–H and O–H groups in total. The molecular formula is C13H20N5O11P3-2. The van der Waals surface area contributed by atoms with Crippen LogP contribution in [-0.2, 0) is 33.0 Å². The van der Waals surface area contributed by atoms with Crippen LogP contribution in [0.2, 0.25) is 0 Å². The third-order valence-corrected chi connectivity index (χ3v) is 9.79. The van der Waals surface area contributed by atoms with E-state index in [4.69, 9.17) is 20.3 Å². The molecule has 16 nitrogen and oxygen atoms in total. The van der Waals surface area contributed by atoms with Gasteiger partial charge < -0.3 is 44.2 Å². The van der Waals surface area contributed by atoms with Crippen LogP contribution >= 0.6 is 23.0 Å². The second-order valence-corrected chi connectivity index (χ2v) is 13.1. The molecule has 32 heavy (non-hydrogen) atoms. The number of hydrogen-bond acceptors (Lipinski definition) is 13. The highest BCUT2D eigenvalue weighted by atomic mass is 31.3. The molecule has 0 spiro atoms. The Kier molecular flexibility index (Phi) is 6.48. The van der Waals surface area contributed by atoms with Crippen molar-refractivity contribution in [2.45, 2.75) is 37.7 Å². The normalized spacial score (nSPS) is 30.3. The van der Waals surface area contributed by atoms with Gasteiger partial charge in [-0.2, -0.15) is 0 Å². The molecule has 0 amide bonds. The molecule has 3 rings (SSSR count). The molecule has 5 atom stereocenters. The molecule has 3 unspecified atom stereocenters. The quantitative estimate of drug-likeness (QED) is 0.301. The summed E-state index contributed by atoms with van der Waals surface area (Å²) in [6.45, 7) is 2.02. The molecular weight excluding hydrogens is 495 g/mol. The summed E-state index contributed by atoms with van der Waals surface area (Å²) in [6.07, 6.45) is 1.20. The number of aliphatic hydroxyl groups excluding tert-OH is 1. The van der Waals surface area contributed by atoms with Gasteiger partial charge in [-0.15, -0.1) is 0 Å². The number of imidazole rings is 1. The molecule has 19 heteroatoms. The van der Waals surface area contributed by atoms with Crippen LogP contribution < -0.4 is 15.5 Å². The fourth-order valence-corrected chi connectivity index (χ4v) is 7.59. The van der Waals surface area contributed by atoms with Crippen LogP contribution in [-0.4, -0.2) is 58.6 Å². The number of aromatic nitrogens is 4. The summed E-state index contributed by atoms with van der Waals surface area (Å²) in [6, 6.07) is 0. The first-order valence-electron chi connectivity index (χ1n) is 8.79. The summed E-state index contributed by atoms with van der Waals surface area (Å²) in [5, 5.41) is 10.5. The van der Waals surface area contributed by atoms with E-state index >= 15 is 0 Å². The minimum absolute atomic E-state index is 0.0650. The number of ether oxygens (including phenoxy) is 1. The van der Waals surface area contributed by atoms with Crippen molar-refractivity contribution in [3.8, 4) is 0 Å². The maximum absolute atomic E-state index is 11.9. The van der Waals surface area contributed by atoms with E-state index in [9.17, 15) is 28.6 Å². The summed E-state index contributed by atoms with van der Waals surface area (Å²) in [5.74, 6) is -1.72. The SMILES string of the molecule is C[C@]1(COP(=O)([O-])OP(=O)([O-])CP(=O)(O)O)O[C@@](C)(n2cnc3c(N)ncnc32)CC1O. The van der Waals surface area contributed by atoms with Crippen LogP contribution in [0.15, 0.2) is 12.7 Å². The van der Waals surface area contributed by atoms with E-state index in [1.165, 1.54) is 24.1 Å². The lowest BCUT2D eigenvalue weighted by molar-refractivity contribution is -0.238. The van der Waals surface area contributed by atoms with Gasteiger partial charge in [0.05, 0.1) is 19.0 Å². The number of phosphoric ester groups is 1. The van der Waals surface area contributed by atoms with E-state index in [1.807, 2.05) is 0 Å². The maximum Gasteiger partial charge on any atom is 0.333 e. The molecule has 2 aromatic heterocycles. The zero-order chi connectivity index (χ0) is 24.2. The summed E-state index contributed by atoms with van der Waals surface area (Å²) >= 11 is 0. The van der Waals surface area contributed by atoms with Gasteiger partial charge in [0.1, 0.15) is 29.1 Å². The highest BCUT2D eigenvalue weighted by Crippen LogP contribution is 2.61. The molecule has 1 aliphatic rings. The average Bonchev–Trinajstić information content (AvgIpc) is 3.12. The predicted molar refractivity (Wildman–Crippen MR) is 103 cm³/mol. The second kappa shape index (κ2) is 8.19. The monoisotopic (exact) mass is 515 g/mol. The van der Waals surface area contributed by atoms with Crippen LogP contribution in [0.25, 0.3) is 11.2 Å². The number of phosphoric acid groups is 1. The molecule has 0 saturated carbocycles. The molecule has 3 heterocycles. The first kappa shape index (κ1) is 25.3. The van der Waals surface area contributed by atoms with E-state index in [-0.39, 0.29) is 17.8 Å². The van der Waals surface area contributed by atoms with Crippen LogP contribution in [0.5, 0.6) is 0 Å². The van der Waals surface area contributed by atoms with Gasteiger partial charge in [-0.3, -0.25) is 18.0 Å². The Morgan fingerprint density at radius 3 is 2.56 bits per heavy atom. The predicted octanol–water partition coefficient (Wildman–Crippen LogP) is -1.19. The first-order valence-corrected chi connectivity index (χ1v) is 13.8. The van der Waals surface area contributed by atoms with E-state index in [1.54, 1.807) is 6.92 Å². The fraction of sp³-hybridized carbons (Fsp3) is 0.615. The van der Waals surface area contributed by atoms with Gasteiger partial charge in [-0.25, -0.2) is 15.0 Å². The summed E-state index contributed by atoms with van der Waals surface area (Å²) in [7, 11) is -16.2. The minimum Gasteiger partial charge on any atom is -0.778 e. The van der Waals surface area contributed by atoms with E-state index in [0.717, 1.165) is 0 Å². The molecule has 0 aromatic carbocycles. The van der Waals surface area contributed by atoms with Crippen molar-refractivity contribution < 1.29 is 51.9 Å². The van der Waals surface area contributed by atoms with Crippen molar-refractivity contribution in [3.05, 3.63) is 12.7 Å². The Labute approximate surface area is 180 Å². The van der Waals surface area contributed by atoms with E-state index in [0.29, 0.717) is 5.65 Å². The largest absolute Gasteiger partial charge is 0.778 e. The number of fused-ring (bicyclic) bond motifs is 1. The van der Waals surface area contributed by atoms with Gasteiger partial charge in [-0.05, 0) is 13.8 Å². The number of nitrogens with two attached hydrogens (primary N) is 1. The van der Waals surface area contributed by atoms with Gasteiger partial charge in [-0.1, -0.05) is 0 Å². The van der Waals surface area contributed by atoms with Crippen molar-refractivity contribution in [1.29, 1.82) is 0 Å². The molecule has 0 radical (unpaired) electrons. The van der Waals surface area contributed by atoms with Crippen LogP contribution in [0, 0.1) is 0 Å². The smallest absolute Gasteiger partial charge is 0.333 e. The summed E-state index contributed by atoms with van der Waals surface area (Å²) in [4.78, 5) is 52.9. The lowest BCUT2D eigenvalue weighted by atomic mass is 9.99. The lowest BCUT2D eigenvalue weighted by Crippen LogP contribution is -2.42. The number of nitrogens with zero attached hydrogens (tertiary/aromatic N) is 4. The van der Waals surface area contributed by atoms with Crippen molar-refractivity contribution in [1.82, 2.24) is 19.5 Å². The fourth-order valence-electron chi connectivity index (χ4n) is 3.29. The van der Waals surface area contributed by atoms with Crippen molar-refractivity contribution in [2.24, 2.45) is 0 Å². The third kappa shape index (κ3) is 5.44. The summed E-state index contributed by atoms with van der Waals surface area (Å²) in [5.41, 5.74) is 3.39. The molecule has 0 bridgehead atoms. The molecule has 180 valence electrons. The Hall–Kier alpha value is -1.28. The highest BCUT2D eigenvalue weighted by Gasteiger charge is 2.53. The Bertz CT molecular complexity index is 1170. The van der Waals surface area contributed by atoms with Crippen LogP contribution in [0.4, 0.5) is 5.82 Å². The number of nitrogen functional groups attached to an aromatic ring is 1. The maximum atomic E-state index is 11.9. The number of aliphatic hydroxyl groups is 1. The average molecular weight is 515 g/mol. The standard InChI is InChI=1S/C13H22N5O11P3/c1-12(4-27-32(25,26)29-31(23,24)7-30(20,21)22)8(19)3-13(2,28-12)18-6-17-9-10(14)15-5-16-11(9)18/h5-6,8,19H,3-4,7H2,1-2H3,(H,23,24)(H,25,26)(H2,14,15,16)(H2,20,21,22)/p-2/t8?,12-,13-/m1/s1. The van der Waals surface area contributed by atoms with E-state index in [2.05, 4.69) is 23.8 Å². The van der Waals surface area contributed by atoms with Gasteiger partial charge >= 0.3 is 7.60 Å². The number of rotatable bonds is 8. The second-order valence-electron chi connectivity index (χ2n) is 7.57. The van der Waals surface area contributed by atoms with Crippen LogP contribution in [0.3, 0.4) is 0 Å². The zero-order valence-corrected chi connectivity index (χ0v) is 19.4.